The second-order valence-corrected chi connectivity index (χ2v) is 3.49. The van der Waals surface area contributed by atoms with Gasteiger partial charge < -0.3 is 15.4 Å². The Morgan fingerprint density at radius 2 is 2.40 bits per heavy atom. The first kappa shape index (κ1) is 10.1. The van der Waals surface area contributed by atoms with Gasteiger partial charge in [0, 0.05) is 13.2 Å². The van der Waals surface area contributed by atoms with Gasteiger partial charge in [0.25, 0.3) is 0 Å². The van der Waals surface area contributed by atoms with Crippen LogP contribution in [0.2, 0.25) is 0 Å². The molecule has 0 fully saturated rings. The second-order valence-electron chi connectivity index (χ2n) is 3.49. The van der Waals surface area contributed by atoms with Crippen LogP contribution in [0.4, 0.5) is 0 Å². The van der Waals surface area contributed by atoms with E-state index in [0.717, 1.165) is 11.0 Å². The largest absolute Gasteiger partial charge is 0.385 e. The number of pyridine rings is 1. The van der Waals surface area contributed by atoms with Gasteiger partial charge in [0.1, 0.15) is 17.4 Å². The Labute approximate surface area is 87.6 Å². The SMILES string of the molecule is Cn1c(C(O)CCN)nc2cnccc21. The fraction of sp³-hybridized carbons (Fsp3) is 0.400. The third-order valence-electron chi connectivity index (χ3n) is 2.46. The molecule has 80 valence electrons. The van der Waals surface area contributed by atoms with E-state index in [2.05, 4.69) is 9.97 Å². The molecule has 1 atom stereocenters. The van der Waals surface area contributed by atoms with Crippen LogP contribution >= 0.6 is 0 Å². The molecule has 0 aliphatic heterocycles. The van der Waals surface area contributed by atoms with Crippen LogP contribution in [0, 0.1) is 0 Å². The van der Waals surface area contributed by atoms with Crippen LogP contribution in [-0.4, -0.2) is 26.2 Å². The molecule has 1 unspecified atom stereocenters. The van der Waals surface area contributed by atoms with Crippen molar-refractivity contribution in [3.8, 4) is 0 Å². The van der Waals surface area contributed by atoms with Crippen molar-refractivity contribution < 1.29 is 5.11 Å². The van der Waals surface area contributed by atoms with Crippen molar-refractivity contribution in [2.75, 3.05) is 6.54 Å². The molecule has 0 amide bonds. The number of fused-ring (bicyclic) bond motifs is 1. The number of aliphatic hydroxyl groups excluding tert-OH is 1. The number of hydrogen-bond acceptors (Lipinski definition) is 4. The predicted octanol–water partition coefficient (Wildman–Crippen LogP) is 0.350. The fourth-order valence-electron chi connectivity index (χ4n) is 1.66. The molecule has 5 nitrogen and oxygen atoms in total. The number of imidazole rings is 1. The summed E-state index contributed by atoms with van der Waals surface area (Å²) in [5.74, 6) is 0.642. The molecule has 0 aliphatic carbocycles. The summed E-state index contributed by atoms with van der Waals surface area (Å²) in [5, 5.41) is 9.82. The maximum absolute atomic E-state index is 9.82. The number of aromatic nitrogens is 3. The number of nitrogens with zero attached hydrogens (tertiary/aromatic N) is 3. The molecule has 2 aromatic rings. The molecule has 3 N–H and O–H groups in total. The molecule has 0 saturated heterocycles. The number of aryl methyl sites for hydroxylation is 1. The first-order chi connectivity index (χ1) is 7.24. The van der Waals surface area contributed by atoms with Gasteiger partial charge >= 0.3 is 0 Å². The van der Waals surface area contributed by atoms with Crippen LogP contribution in [0.25, 0.3) is 11.0 Å². The van der Waals surface area contributed by atoms with Gasteiger partial charge in [-0.3, -0.25) is 4.98 Å². The third-order valence-corrected chi connectivity index (χ3v) is 2.46. The molecule has 0 aliphatic rings. The predicted molar refractivity (Wildman–Crippen MR) is 57.1 cm³/mol. The van der Waals surface area contributed by atoms with E-state index in [9.17, 15) is 5.11 Å². The van der Waals surface area contributed by atoms with E-state index in [-0.39, 0.29) is 0 Å². The minimum atomic E-state index is -0.604. The van der Waals surface area contributed by atoms with Crippen LogP contribution in [0.3, 0.4) is 0 Å². The zero-order chi connectivity index (χ0) is 10.8. The quantitative estimate of drug-likeness (QED) is 0.759. The molecular weight excluding hydrogens is 192 g/mol. The first-order valence-corrected chi connectivity index (χ1v) is 4.88. The zero-order valence-corrected chi connectivity index (χ0v) is 8.59. The van der Waals surface area contributed by atoms with Crippen molar-refractivity contribution in [2.24, 2.45) is 12.8 Å². The summed E-state index contributed by atoms with van der Waals surface area (Å²) < 4.78 is 1.87. The van der Waals surface area contributed by atoms with Gasteiger partial charge in [0.15, 0.2) is 0 Å². The summed E-state index contributed by atoms with van der Waals surface area (Å²) in [7, 11) is 1.88. The molecule has 15 heavy (non-hydrogen) atoms. The average Bonchev–Trinajstić information content (AvgIpc) is 2.57. The molecule has 2 aromatic heterocycles. The highest BCUT2D eigenvalue weighted by atomic mass is 16.3. The Morgan fingerprint density at radius 1 is 1.60 bits per heavy atom. The molecule has 0 bridgehead atoms. The monoisotopic (exact) mass is 206 g/mol. The molecule has 2 heterocycles. The topological polar surface area (TPSA) is 77.0 Å². The lowest BCUT2D eigenvalue weighted by Gasteiger charge is -2.08. The van der Waals surface area contributed by atoms with Gasteiger partial charge in [-0.05, 0) is 19.0 Å². The highest BCUT2D eigenvalue weighted by molar-refractivity contribution is 5.74. The second kappa shape index (κ2) is 3.96. The highest BCUT2D eigenvalue weighted by Gasteiger charge is 2.14. The Bertz CT molecular complexity index is 465. The van der Waals surface area contributed by atoms with E-state index in [1.54, 1.807) is 12.4 Å². The molecule has 0 saturated carbocycles. The lowest BCUT2D eigenvalue weighted by Crippen LogP contribution is -2.10. The van der Waals surface area contributed by atoms with E-state index in [1.807, 2.05) is 17.7 Å². The van der Waals surface area contributed by atoms with Gasteiger partial charge in [0.05, 0.1) is 11.7 Å². The van der Waals surface area contributed by atoms with Crippen molar-refractivity contribution in [1.82, 2.24) is 14.5 Å². The van der Waals surface area contributed by atoms with E-state index in [1.165, 1.54) is 0 Å². The Morgan fingerprint density at radius 3 is 3.07 bits per heavy atom. The van der Waals surface area contributed by atoms with Crippen LogP contribution in [0.15, 0.2) is 18.5 Å². The summed E-state index contributed by atoms with van der Waals surface area (Å²) in [6.07, 6.45) is 3.31. The lowest BCUT2D eigenvalue weighted by molar-refractivity contribution is 0.157. The van der Waals surface area contributed by atoms with Crippen molar-refractivity contribution in [2.45, 2.75) is 12.5 Å². The maximum Gasteiger partial charge on any atom is 0.138 e. The summed E-state index contributed by atoms with van der Waals surface area (Å²) in [4.78, 5) is 8.32. The Balaban J connectivity index is 2.48. The van der Waals surface area contributed by atoms with Gasteiger partial charge in [-0.2, -0.15) is 0 Å². The van der Waals surface area contributed by atoms with Crippen LogP contribution in [0.1, 0.15) is 18.3 Å². The molecular formula is C10H14N4O. The summed E-state index contributed by atoms with van der Waals surface area (Å²) in [6, 6.07) is 1.88. The number of nitrogens with two attached hydrogens (primary N) is 1. The Hall–Kier alpha value is -1.46. The van der Waals surface area contributed by atoms with E-state index in [4.69, 9.17) is 5.73 Å². The van der Waals surface area contributed by atoms with Gasteiger partial charge in [-0.1, -0.05) is 0 Å². The molecule has 0 spiro atoms. The summed E-state index contributed by atoms with van der Waals surface area (Å²) in [6.45, 7) is 0.447. The van der Waals surface area contributed by atoms with Crippen molar-refractivity contribution in [1.29, 1.82) is 0 Å². The number of rotatable bonds is 3. The van der Waals surface area contributed by atoms with Gasteiger partial charge in [-0.15, -0.1) is 0 Å². The fourth-order valence-corrected chi connectivity index (χ4v) is 1.66. The number of aliphatic hydroxyl groups is 1. The summed E-state index contributed by atoms with van der Waals surface area (Å²) in [5.41, 5.74) is 7.17. The third kappa shape index (κ3) is 1.71. The van der Waals surface area contributed by atoms with E-state index in [0.29, 0.717) is 18.8 Å². The van der Waals surface area contributed by atoms with Crippen molar-refractivity contribution in [3.63, 3.8) is 0 Å². The molecule has 5 heteroatoms. The first-order valence-electron chi connectivity index (χ1n) is 4.88. The normalized spacial score (nSPS) is 13.3. The minimum absolute atomic E-state index is 0.447. The van der Waals surface area contributed by atoms with E-state index < -0.39 is 6.10 Å². The van der Waals surface area contributed by atoms with Crippen molar-refractivity contribution >= 4 is 11.0 Å². The van der Waals surface area contributed by atoms with Crippen LogP contribution in [0.5, 0.6) is 0 Å². The van der Waals surface area contributed by atoms with Gasteiger partial charge in [0.2, 0.25) is 0 Å². The lowest BCUT2D eigenvalue weighted by atomic mass is 10.2. The Kier molecular flexibility index (Phi) is 2.66. The van der Waals surface area contributed by atoms with Crippen molar-refractivity contribution in [3.05, 3.63) is 24.3 Å². The smallest absolute Gasteiger partial charge is 0.138 e. The molecule has 0 radical (unpaired) electrons. The van der Waals surface area contributed by atoms with Crippen LogP contribution in [-0.2, 0) is 7.05 Å². The summed E-state index contributed by atoms with van der Waals surface area (Å²) >= 11 is 0. The minimum Gasteiger partial charge on any atom is -0.385 e. The highest BCUT2D eigenvalue weighted by Crippen LogP contribution is 2.19. The van der Waals surface area contributed by atoms with Gasteiger partial charge in [-0.25, -0.2) is 4.98 Å². The average molecular weight is 206 g/mol. The standard InChI is InChI=1S/C10H14N4O/c1-14-8-3-5-12-6-7(8)13-10(14)9(15)2-4-11/h3,5-6,9,15H,2,4,11H2,1H3. The maximum atomic E-state index is 9.82. The zero-order valence-electron chi connectivity index (χ0n) is 8.59. The molecule has 2 rings (SSSR count). The van der Waals surface area contributed by atoms with E-state index >= 15 is 0 Å². The number of hydrogen-bond donors (Lipinski definition) is 2. The van der Waals surface area contributed by atoms with Crippen LogP contribution < -0.4 is 5.73 Å². The molecule has 0 aromatic carbocycles.